The van der Waals surface area contributed by atoms with E-state index in [0.717, 1.165) is 17.3 Å². The summed E-state index contributed by atoms with van der Waals surface area (Å²) in [5.41, 5.74) is 7.07. The van der Waals surface area contributed by atoms with Crippen molar-refractivity contribution < 1.29 is 4.79 Å². The van der Waals surface area contributed by atoms with Gasteiger partial charge in [0.25, 0.3) is 5.91 Å². The predicted molar refractivity (Wildman–Crippen MR) is 84.7 cm³/mol. The lowest BCUT2D eigenvalue weighted by atomic mass is 10.1. The van der Waals surface area contributed by atoms with Crippen LogP contribution in [-0.4, -0.2) is 33.9 Å². The number of carbonyl (C=O) groups excluding carboxylic acids is 1. The van der Waals surface area contributed by atoms with E-state index in [1.54, 1.807) is 17.2 Å². The fourth-order valence-corrected chi connectivity index (χ4v) is 2.26. The van der Waals surface area contributed by atoms with Crippen LogP contribution < -0.4 is 5.73 Å². The lowest BCUT2D eigenvalue weighted by Crippen LogP contribution is -2.38. The molecule has 1 aromatic heterocycles. The quantitative estimate of drug-likeness (QED) is 0.858. The van der Waals surface area contributed by atoms with Crippen LogP contribution >= 0.6 is 12.2 Å². The summed E-state index contributed by atoms with van der Waals surface area (Å²) in [5.74, 6) is -0.0506. The molecule has 0 atom stereocenters. The van der Waals surface area contributed by atoms with Crippen LogP contribution in [0.1, 0.15) is 23.7 Å². The fraction of sp³-hybridized carbons (Fsp3) is 0.267. The van der Waals surface area contributed by atoms with Crippen molar-refractivity contribution >= 4 is 34.0 Å². The van der Waals surface area contributed by atoms with Crippen molar-refractivity contribution in [3.8, 4) is 0 Å². The van der Waals surface area contributed by atoms with Crippen LogP contribution in [0.3, 0.4) is 0 Å². The van der Waals surface area contributed by atoms with Gasteiger partial charge in [0.05, 0.1) is 17.0 Å². The van der Waals surface area contributed by atoms with Crippen LogP contribution in [0.15, 0.2) is 36.5 Å². The maximum Gasteiger partial charge on any atom is 0.254 e. The van der Waals surface area contributed by atoms with Crippen molar-refractivity contribution in [1.29, 1.82) is 0 Å². The molecule has 0 radical (unpaired) electrons. The topological polar surface area (TPSA) is 59.2 Å². The van der Waals surface area contributed by atoms with Crippen LogP contribution in [0.25, 0.3) is 10.9 Å². The third kappa shape index (κ3) is 3.30. The second kappa shape index (κ2) is 6.43. The Bertz CT molecular complexity index is 642. The Balaban J connectivity index is 2.30. The number of pyridine rings is 1. The van der Waals surface area contributed by atoms with Gasteiger partial charge in [-0.05, 0) is 30.7 Å². The molecule has 0 aliphatic carbocycles. The summed E-state index contributed by atoms with van der Waals surface area (Å²) in [7, 11) is 0. The third-order valence-corrected chi connectivity index (χ3v) is 3.11. The molecule has 0 aliphatic rings. The molecule has 5 heteroatoms. The molecule has 1 amide bonds. The van der Waals surface area contributed by atoms with Crippen LogP contribution in [-0.2, 0) is 0 Å². The van der Waals surface area contributed by atoms with E-state index in [1.165, 1.54) is 0 Å². The van der Waals surface area contributed by atoms with Crippen molar-refractivity contribution in [3.63, 3.8) is 0 Å². The molecule has 0 aliphatic heterocycles. The molecule has 2 N–H and O–H groups in total. The standard InChI is InChI=1S/C15H17N3OS/c1-2-8-18(10-14(16)20)15(19)12-5-6-13-11(9-12)4-3-7-17-13/h3-7,9H,2,8,10H2,1H3,(H2,16,20). The summed E-state index contributed by atoms with van der Waals surface area (Å²) in [6, 6.07) is 9.30. The van der Waals surface area contributed by atoms with Gasteiger partial charge in [-0.1, -0.05) is 25.2 Å². The number of aromatic nitrogens is 1. The van der Waals surface area contributed by atoms with E-state index in [9.17, 15) is 4.79 Å². The number of nitrogens with zero attached hydrogens (tertiary/aromatic N) is 2. The van der Waals surface area contributed by atoms with Gasteiger partial charge in [0, 0.05) is 23.7 Å². The fourth-order valence-electron chi connectivity index (χ4n) is 2.10. The van der Waals surface area contributed by atoms with Crippen molar-refractivity contribution in [2.45, 2.75) is 13.3 Å². The number of hydrogen-bond acceptors (Lipinski definition) is 3. The van der Waals surface area contributed by atoms with Gasteiger partial charge < -0.3 is 10.6 Å². The third-order valence-electron chi connectivity index (χ3n) is 2.98. The first-order chi connectivity index (χ1) is 9.61. The van der Waals surface area contributed by atoms with Gasteiger partial charge in [-0.25, -0.2) is 0 Å². The summed E-state index contributed by atoms with van der Waals surface area (Å²) in [6.45, 7) is 2.97. The largest absolute Gasteiger partial charge is 0.392 e. The normalized spacial score (nSPS) is 10.4. The Labute approximate surface area is 123 Å². The average molecular weight is 287 g/mol. The molecule has 0 bridgehead atoms. The van der Waals surface area contributed by atoms with E-state index in [4.69, 9.17) is 18.0 Å². The number of benzene rings is 1. The molecule has 0 saturated carbocycles. The Morgan fingerprint density at radius 3 is 2.90 bits per heavy atom. The molecule has 0 unspecified atom stereocenters. The smallest absolute Gasteiger partial charge is 0.254 e. The monoisotopic (exact) mass is 287 g/mol. The molecule has 1 heterocycles. The number of nitrogens with two attached hydrogens (primary N) is 1. The zero-order valence-corrected chi connectivity index (χ0v) is 12.2. The average Bonchev–Trinajstić information content (AvgIpc) is 2.45. The SMILES string of the molecule is CCCN(CC(N)=S)C(=O)c1ccc2ncccc2c1. The minimum absolute atomic E-state index is 0.0506. The lowest BCUT2D eigenvalue weighted by Gasteiger charge is -2.21. The molecule has 2 aromatic rings. The van der Waals surface area contributed by atoms with E-state index < -0.39 is 0 Å². The molecular weight excluding hydrogens is 270 g/mol. The summed E-state index contributed by atoms with van der Waals surface area (Å²) in [5, 5.41) is 0.949. The molecule has 20 heavy (non-hydrogen) atoms. The number of hydrogen-bond donors (Lipinski definition) is 1. The maximum absolute atomic E-state index is 12.5. The number of amides is 1. The second-order valence-electron chi connectivity index (χ2n) is 4.60. The van der Waals surface area contributed by atoms with Crippen LogP contribution in [0.2, 0.25) is 0 Å². The predicted octanol–water partition coefficient (Wildman–Crippen LogP) is 2.37. The zero-order chi connectivity index (χ0) is 14.5. The van der Waals surface area contributed by atoms with Gasteiger partial charge in [0.15, 0.2) is 0 Å². The van der Waals surface area contributed by atoms with E-state index in [2.05, 4.69) is 4.98 Å². The first-order valence-corrected chi connectivity index (χ1v) is 6.95. The van der Waals surface area contributed by atoms with Gasteiger partial charge in [-0.15, -0.1) is 0 Å². The molecular formula is C15H17N3OS. The highest BCUT2D eigenvalue weighted by molar-refractivity contribution is 7.80. The molecule has 0 fully saturated rings. The van der Waals surface area contributed by atoms with E-state index >= 15 is 0 Å². The number of carbonyl (C=O) groups is 1. The van der Waals surface area contributed by atoms with E-state index in [-0.39, 0.29) is 5.91 Å². The minimum Gasteiger partial charge on any atom is -0.392 e. The van der Waals surface area contributed by atoms with Gasteiger partial charge in [0.2, 0.25) is 0 Å². The van der Waals surface area contributed by atoms with Gasteiger partial charge in [0.1, 0.15) is 0 Å². The lowest BCUT2D eigenvalue weighted by molar-refractivity contribution is 0.0780. The summed E-state index contributed by atoms with van der Waals surface area (Å²) >= 11 is 4.91. The highest BCUT2D eigenvalue weighted by Gasteiger charge is 2.16. The molecule has 4 nitrogen and oxygen atoms in total. The highest BCUT2D eigenvalue weighted by Crippen LogP contribution is 2.15. The number of fused-ring (bicyclic) bond motifs is 1. The zero-order valence-electron chi connectivity index (χ0n) is 11.4. The Morgan fingerprint density at radius 1 is 1.40 bits per heavy atom. The number of thiocarbonyl (C=S) groups is 1. The van der Waals surface area contributed by atoms with Gasteiger partial charge in [-0.3, -0.25) is 9.78 Å². The van der Waals surface area contributed by atoms with E-state index in [1.807, 2.05) is 31.2 Å². The second-order valence-corrected chi connectivity index (χ2v) is 5.13. The summed E-state index contributed by atoms with van der Waals surface area (Å²) in [4.78, 5) is 18.8. The summed E-state index contributed by atoms with van der Waals surface area (Å²) < 4.78 is 0. The van der Waals surface area contributed by atoms with E-state index in [0.29, 0.717) is 23.6 Å². The Morgan fingerprint density at radius 2 is 2.20 bits per heavy atom. The van der Waals surface area contributed by atoms with Crippen LogP contribution in [0, 0.1) is 0 Å². The van der Waals surface area contributed by atoms with Crippen LogP contribution in [0.4, 0.5) is 0 Å². The molecule has 0 spiro atoms. The highest BCUT2D eigenvalue weighted by atomic mass is 32.1. The Hall–Kier alpha value is -2.01. The van der Waals surface area contributed by atoms with Gasteiger partial charge >= 0.3 is 0 Å². The van der Waals surface area contributed by atoms with Crippen LogP contribution in [0.5, 0.6) is 0 Å². The maximum atomic E-state index is 12.5. The van der Waals surface area contributed by atoms with Crippen molar-refractivity contribution in [2.75, 3.05) is 13.1 Å². The first-order valence-electron chi connectivity index (χ1n) is 6.54. The first kappa shape index (κ1) is 14.4. The summed E-state index contributed by atoms with van der Waals surface area (Å²) in [6.07, 6.45) is 2.60. The van der Waals surface area contributed by atoms with Gasteiger partial charge in [-0.2, -0.15) is 0 Å². The number of rotatable bonds is 5. The molecule has 104 valence electrons. The molecule has 2 rings (SSSR count). The molecule has 0 saturated heterocycles. The minimum atomic E-state index is -0.0506. The van der Waals surface area contributed by atoms with Crippen molar-refractivity contribution in [3.05, 3.63) is 42.1 Å². The van der Waals surface area contributed by atoms with Crippen molar-refractivity contribution in [2.24, 2.45) is 5.73 Å². The Kier molecular flexibility index (Phi) is 4.63. The van der Waals surface area contributed by atoms with Crippen molar-refractivity contribution in [1.82, 2.24) is 9.88 Å². The molecule has 1 aromatic carbocycles.